The van der Waals surface area contributed by atoms with Crippen molar-refractivity contribution in [3.8, 4) is 0 Å². The zero-order valence-electron chi connectivity index (χ0n) is 21.1. The van der Waals surface area contributed by atoms with E-state index >= 15 is 0 Å². The van der Waals surface area contributed by atoms with E-state index in [9.17, 15) is 26.4 Å². The highest BCUT2D eigenvalue weighted by atomic mass is 32.2. The molecule has 4 rings (SSSR count). The van der Waals surface area contributed by atoms with Crippen molar-refractivity contribution >= 4 is 27.3 Å². The van der Waals surface area contributed by atoms with E-state index in [2.05, 4.69) is 22.9 Å². The fourth-order valence-corrected chi connectivity index (χ4v) is 7.12. The Labute approximate surface area is 220 Å². The molecule has 0 bridgehead atoms. The zero-order chi connectivity index (χ0) is 26.8. The SMILES string of the molecule is CN1CCN(Cc2cc3c(s2)CCN(C(=O)CCCN(C)S(=O)(=O)c2cccc(C(F)(F)F)c2)C3)CC1. The summed E-state index contributed by atoms with van der Waals surface area (Å²) in [4.78, 5) is 21.7. The van der Waals surface area contributed by atoms with Gasteiger partial charge in [0.15, 0.2) is 0 Å². The Bertz CT molecular complexity index is 1210. The number of nitrogens with zero attached hydrogens (tertiary/aromatic N) is 4. The maximum Gasteiger partial charge on any atom is 0.416 e. The summed E-state index contributed by atoms with van der Waals surface area (Å²) in [5, 5.41) is 0. The summed E-state index contributed by atoms with van der Waals surface area (Å²) >= 11 is 1.83. The number of piperazine rings is 1. The Morgan fingerprint density at radius 2 is 1.84 bits per heavy atom. The number of alkyl halides is 3. The molecule has 2 aliphatic rings. The number of fused-ring (bicyclic) bond motifs is 1. The Balaban J connectivity index is 1.27. The third-order valence-electron chi connectivity index (χ3n) is 6.98. The van der Waals surface area contributed by atoms with E-state index in [1.54, 1.807) is 0 Å². The van der Waals surface area contributed by atoms with Crippen LogP contribution in [0.25, 0.3) is 0 Å². The molecule has 1 aromatic heterocycles. The third kappa shape index (κ3) is 6.91. The molecule has 7 nitrogen and oxygen atoms in total. The highest BCUT2D eigenvalue weighted by molar-refractivity contribution is 7.89. The first-order valence-electron chi connectivity index (χ1n) is 12.4. The van der Waals surface area contributed by atoms with Crippen LogP contribution in [-0.4, -0.2) is 86.7 Å². The molecule has 204 valence electrons. The van der Waals surface area contributed by atoms with E-state index in [-0.39, 0.29) is 25.3 Å². The van der Waals surface area contributed by atoms with E-state index in [0.29, 0.717) is 19.2 Å². The second-order valence-electron chi connectivity index (χ2n) is 9.76. The Kier molecular flexibility index (Phi) is 8.64. The van der Waals surface area contributed by atoms with Gasteiger partial charge >= 0.3 is 6.18 Å². The molecule has 0 unspecified atom stereocenters. The van der Waals surface area contributed by atoms with Crippen LogP contribution in [0.15, 0.2) is 35.2 Å². The maximum atomic E-state index is 13.0. The van der Waals surface area contributed by atoms with Crippen LogP contribution in [-0.2, 0) is 40.5 Å². The molecule has 2 aromatic rings. The fourth-order valence-electron chi connectivity index (χ4n) is 4.66. The van der Waals surface area contributed by atoms with Crippen molar-refractivity contribution in [3.63, 3.8) is 0 Å². The van der Waals surface area contributed by atoms with Crippen molar-refractivity contribution in [2.75, 3.05) is 53.4 Å². The second-order valence-corrected chi connectivity index (χ2v) is 13.0. The minimum absolute atomic E-state index is 0.0387. The highest BCUT2D eigenvalue weighted by Gasteiger charge is 2.32. The summed E-state index contributed by atoms with van der Waals surface area (Å²) in [5.41, 5.74) is 0.180. The molecule has 3 heterocycles. The number of halogens is 3. The van der Waals surface area contributed by atoms with Gasteiger partial charge in [-0.2, -0.15) is 13.2 Å². The van der Waals surface area contributed by atoms with Gasteiger partial charge in [-0.15, -0.1) is 11.3 Å². The lowest BCUT2D eigenvalue weighted by Gasteiger charge is -2.31. The Morgan fingerprint density at radius 1 is 1.11 bits per heavy atom. The lowest BCUT2D eigenvalue weighted by atomic mass is 10.1. The van der Waals surface area contributed by atoms with Crippen LogP contribution in [0.4, 0.5) is 13.2 Å². The van der Waals surface area contributed by atoms with Crippen molar-refractivity contribution in [2.24, 2.45) is 0 Å². The predicted octanol–water partition coefficient (Wildman–Crippen LogP) is 3.50. The monoisotopic (exact) mass is 558 g/mol. The normalized spacial score (nSPS) is 17.8. The lowest BCUT2D eigenvalue weighted by molar-refractivity contribution is -0.137. The number of hydrogen-bond acceptors (Lipinski definition) is 6. The Morgan fingerprint density at radius 3 is 2.54 bits per heavy atom. The van der Waals surface area contributed by atoms with Gasteiger partial charge in [0, 0.05) is 75.6 Å². The summed E-state index contributed by atoms with van der Waals surface area (Å²) < 4.78 is 65.5. The first kappa shape index (κ1) is 28.0. The van der Waals surface area contributed by atoms with Gasteiger partial charge in [0.05, 0.1) is 10.5 Å². The molecule has 0 atom stereocenters. The summed E-state index contributed by atoms with van der Waals surface area (Å²) in [6, 6.07) is 5.92. The minimum Gasteiger partial charge on any atom is -0.338 e. The second kappa shape index (κ2) is 11.4. The minimum atomic E-state index is -4.63. The number of carbonyl (C=O) groups is 1. The smallest absolute Gasteiger partial charge is 0.338 e. The number of hydrogen-bond donors (Lipinski definition) is 0. The molecule has 0 spiro atoms. The Hall–Kier alpha value is -1.99. The molecule has 1 aromatic carbocycles. The van der Waals surface area contributed by atoms with E-state index in [1.165, 1.54) is 22.4 Å². The number of likely N-dealkylation sites (N-methyl/N-ethyl adjacent to an activating group) is 1. The third-order valence-corrected chi connectivity index (χ3v) is 10.1. The molecule has 37 heavy (non-hydrogen) atoms. The van der Waals surface area contributed by atoms with Crippen molar-refractivity contribution in [1.29, 1.82) is 0 Å². The average molecular weight is 559 g/mol. The summed E-state index contributed by atoms with van der Waals surface area (Å²) in [5.74, 6) is -0.0395. The van der Waals surface area contributed by atoms with Crippen LogP contribution in [0.5, 0.6) is 0 Å². The number of thiophene rings is 1. The van der Waals surface area contributed by atoms with Crippen LogP contribution >= 0.6 is 11.3 Å². The first-order valence-corrected chi connectivity index (χ1v) is 14.6. The van der Waals surface area contributed by atoms with Crippen molar-refractivity contribution < 1.29 is 26.4 Å². The van der Waals surface area contributed by atoms with Crippen molar-refractivity contribution in [3.05, 3.63) is 51.2 Å². The molecule has 1 saturated heterocycles. The van der Waals surface area contributed by atoms with E-state index in [0.717, 1.165) is 61.6 Å². The van der Waals surface area contributed by atoms with E-state index in [4.69, 9.17) is 0 Å². The molecule has 0 saturated carbocycles. The number of amides is 1. The molecule has 1 amide bonds. The molecule has 0 N–H and O–H groups in total. The molecular formula is C25H33F3N4O3S2. The number of benzene rings is 1. The first-order chi connectivity index (χ1) is 17.4. The molecule has 12 heteroatoms. The zero-order valence-corrected chi connectivity index (χ0v) is 22.8. The van der Waals surface area contributed by atoms with Gasteiger partial charge in [-0.3, -0.25) is 9.69 Å². The van der Waals surface area contributed by atoms with Gasteiger partial charge in [-0.1, -0.05) is 6.07 Å². The van der Waals surface area contributed by atoms with Gasteiger partial charge in [0.1, 0.15) is 0 Å². The van der Waals surface area contributed by atoms with Gasteiger partial charge in [0.25, 0.3) is 0 Å². The molecule has 2 aliphatic heterocycles. The summed E-state index contributed by atoms with van der Waals surface area (Å²) in [6.45, 7) is 6.43. The van der Waals surface area contributed by atoms with Crippen LogP contribution < -0.4 is 0 Å². The van der Waals surface area contributed by atoms with Crippen molar-refractivity contribution in [2.45, 2.75) is 43.4 Å². The van der Waals surface area contributed by atoms with E-state index in [1.807, 2.05) is 16.2 Å². The molecule has 1 fully saturated rings. The van der Waals surface area contributed by atoms with E-state index < -0.39 is 26.7 Å². The van der Waals surface area contributed by atoms with Gasteiger partial charge in [-0.05, 0) is 49.7 Å². The number of carbonyl (C=O) groups excluding carboxylic acids is 1. The van der Waals surface area contributed by atoms with Gasteiger partial charge in [-0.25, -0.2) is 12.7 Å². The standard InChI is InChI=1S/C25H33F3N4O3S2/c1-29-11-13-31(14-12-29)18-21-15-19-17-32(10-8-23(19)36-21)24(33)7-4-9-30(2)37(34,35)22-6-3-5-20(16-22)25(26,27)28/h3,5-6,15-16H,4,7-14,17-18H2,1-2H3. The lowest BCUT2D eigenvalue weighted by Crippen LogP contribution is -2.43. The molecule has 0 radical (unpaired) electrons. The maximum absolute atomic E-state index is 13.0. The topological polar surface area (TPSA) is 64.2 Å². The quantitative estimate of drug-likeness (QED) is 0.497. The largest absolute Gasteiger partial charge is 0.416 e. The van der Waals surface area contributed by atoms with Gasteiger partial charge in [0.2, 0.25) is 15.9 Å². The van der Waals surface area contributed by atoms with Crippen LogP contribution in [0.3, 0.4) is 0 Å². The average Bonchev–Trinajstić information content (AvgIpc) is 3.26. The van der Waals surface area contributed by atoms with Gasteiger partial charge < -0.3 is 9.80 Å². The summed E-state index contributed by atoms with van der Waals surface area (Å²) in [6.07, 6.45) is -3.35. The van der Waals surface area contributed by atoms with Crippen molar-refractivity contribution in [1.82, 2.24) is 19.0 Å². The predicted molar refractivity (Wildman–Crippen MR) is 137 cm³/mol. The fraction of sp³-hybridized carbons (Fsp3) is 0.560. The molecule has 0 aliphatic carbocycles. The number of rotatable bonds is 8. The van der Waals surface area contributed by atoms with Crippen LogP contribution in [0, 0.1) is 0 Å². The summed E-state index contributed by atoms with van der Waals surface area (Å²) in [7, 11) is -0.635. The van der Waals surface area contributed by atoms with Crippen LogP contribution in [0.2, 0.25) is 0 Å². The highest BCUT2D eigenvalue weighted by Crippen LogP contribution is 2.32. The number of sulfonamides is 1. The molecular weight excluding hydrogens is 525 g/mol. The van der Waals surface area contributed by atoms with Crippen LogP contribution in [0.1, 0.15) is 33.7 Å².